The predicted molar refractivity (Wildman–Crippen MR) is 62.8 cm³/mol. The van der Waals surface area contributed by atoms with Gasteiger partial charge in [0, 0.05) is 9.75 Å². The normalized spacial score (nSPS) is 11.8. The van der Waals surface area contributed by atoms with Crippen LogP contribution in [0.1, 0.15) is 20.1 Å². The molecule has 0 aliphatic heterocycles. The van der Waals surface area contributed by atoms with Crippen molar-refractivity contribution in [2.45, 2.75) is 13.1 Å². The number of alkyl halides is 3. The summed E-state index contributed by atoms with van der Waals surface area (Å²) >= 11 is 1.91. The number of carbonyl (C=O) groups is 1. The molecule has 90 valence electrons. The molecular formula is C11H7F3OS2. The minimum atomic E-state index is -4.31. The van der Waals surface area contributed by atoms with Gasteiger partial charge in [-0.05, 0) is 30.7 Å². The molecule has 0 aliphatic carbocycles. The molecule has 0 saturated carbocycles. The molecule has 2 rings (SSSR count). The summed E-state index contributed by atoms with van der Waals surface area (Å²) in [6, 6.07) is 4.78. The maximum absolute atomic E-state index is 12.6. The largest absolute Gasteiger partial charge is 0.425 e. The van der Waals surface area contributed by atoms with Crippen molar-refractivity contribution in [3.05, 3.63) is 33.5 Å². The second-order valence-electron chi connectivity index (χ2n) is 3.44. The zero-order valence-corrected chi connectivity index (χ0v) is 10.3. The van der Waals surface area contributed by atoms with E-state index >= 15 is 0 Å². The Bertz CT molecular complexity index is 551. The lowest BCUT2D eigenvalue weighted by molar-refractivity contribution is -0.134. The standard InChI is InChI=1S/C11H7F3OS2/c1-6-4-9(17-10(6)11(12,13)14)8-3-2-7(5-15)16-8/h2-5H,1H3. The summed E-state index contributed by atoms with van der Waals surface area (Å²) in [6.07, 6.45) is -3.61. The Hall–Kier alpha value is -1.14. The quantitative estimate of drug-likeness (QED) is 0.732. The lowest BCUT2D eigenvalue weighted by atomic mass is 10.2. The van der Waals surface area contributed by atoms with E-state index in [1.54, 1.807) is 12.1 Å². The van der Waals surface area contributed by atoms with Gasteiger partial charge in [-0.25, -0.2) is 0 Å². The fourth-order valence-corrected chi connectivity index (χ4v) is 3.38. The van der Waals surface area contributed by atoms with Crippen LogP contribution in [-0.2, 0) is 6.18 Å². The molecule has 2 aromatic rings. The van der Waals surface area contributed by atoms with Crippen molar-refractivity contribution >= 4 is 29.0 Å². The van der Waals surface area contributed by atoms with Gasteiger partial charge in [0.1, 0.15) is 4.88 Å². The summed E-state index contributed by atoms with van der Waals surface area (Å²) in [5, 5.41) is 0. The monoisotopic (exact) mass is 276 g/mol. The van der Waals surface area contributed by atoms with Crippen LogP contribution in [0.4, 0.5) is 13.2 Å². The Labute approximate surface area is 104 Å². The van der Waals surface area contributed by atoms with Crippen molar-refractivity contribution in [1.29, 1.82) is 0 Å². The molecule has 6 heteroatoms. The molecule has 17 heavy (non-hydrogen) atoms. The van der Waals surface area contributed by atoms with Crippen LogP contribution in [0.3, 0.4) is 0 Å². The van der Waals surface area contributed by atoms with E-state index in [2.05, 4.69) is 0 Å². The van der Waals surface area contributed by atoms with Crippen molar-refractivity contribution in [3.8, 4) is 9.75 Å². The van der Waals surface area contributed by atoms with Crippen LogP contribution < -0.4 is 0 Å². The average molecular weight is 276 g/mol. The number of thiophene rings is 2. The Morgan fingerprint density at radius 1 is 1.18 bits per heavy atom. The molecular weight excluding hydrogens is 269 g/mol. The zero-order chi connectivity index (χ0) is 12.6. The van der Waals surface area contributed by atoms with Crippen molar-refractivity contribution in [2.75, 3.05) is 0 Å². The number of rotatable bonds is 2. The third-order valence-electron chi connectivity index (χ3n) is 2.16. The van der Waals surface area contributed by atoms with Crippen LogP contribution in [0, 0.1) is 6.92 Å². The van der Waals surface area contributed by atoms with E-state index in [9.17, 15) is 18.0 Å². The molecule has 0 radical (unpaired) electrons. The van der Waals surface area contributed by atoms with Gasteiger partial charge in [-0.2, -0.15) is 13.2 Å². The van der Waals surface area contributed by atoms with Crippen LogP contribution in [0.5, 0.6) is 0 Å². The van der Waals surface area contributed by atoms with Crippen LogP contribution in [-0.4, -0.2) is 6.29 Å². The molecule has 0 atom stereocenters. The van der Waals surface area contributed by atoms with Gasteiger partial charge in [-0.1, -0.05) is 0 Å². The minimum Gasteiger partial charge on any atom is -0.297 e. The Balaban J connectivity index is 2.44. The zero-order valence-electron chi connectivity index (χ0n) is 8.67. The number of aryl methyl sites for hydroxylation is 1. The number of aldehydes is 1. The highest BCUT2D eigenvalue weighted by molar-refractivity contribution is 7.23. The number of hydrogen-bond donors (Lipinski definition) is 0. The number of halogens is 3. The molecule has 0 bridgehead atoms. The van der Waals surface area contributed by atoms with Gasteiger partial charge in [0.15, 0.2) is 6.29 Å². The first kappa shape index (κ1) is 12.3. The van der Waals surface area contributed by atoms with Crippen LogP contribution in [0.15, 0.2) is 18.2 Å². The number of carbonyl (C=O) groups excluding carboxylic acids is 1. The van der Waals surface area contributed by atoms with E-state index in [1.165, 1.54) is 24.3 Å². The second-order valence-corrected chi connectivity index (χ2v) is 5.61. The first-order valence-corrected chi connectivity index (χ1v) is 6.28. The Morgan fingerprint density at radius 3 is 2.35 bits per heavy atom. The summed E-state index contributed by atoms with van der Waals surface area (Å²) in [7, 11) is 0. The van der Waals surface area contributed by atoms with E-state index in [0.717, 1.165) is 0 Å². The molecule has 0 spiro atoms. The van der Waals surface area contributed by atoms with Crippen molar-refractivity contribution in [1.82, 2.24) is 0 Å². The molecule has 0 unspecified atom stereocenters. The molecule has 0 aliphatic rings. The van der Waals surface area contributed by atoms with E-state index in [4.69, 9.17) is 0 Å². The second kappa shape index (κ2) is 4.27. The summed E-state index contributed by atoms with van der Waals surface area (Å²) in [5.41, 5.74) is 0.221. The molecule has 0 fully saturated rings. The van der Waals surface area contributed by atoms with Crippen LogP contribution >= 0.6 is 22.7 Å². The first-order chi connectivity index (χ1) is 7.91. The summed E-state index contributed by atoms with van der Waals surface area (Å²) in [5.74, 6) is 0. The molecule has 0 N–H and O–H groups in total. The van der Waals surface area contributed by atoms with Gasteiger partial charge in [-0.3, -0.25) is 4.79 Å². The SMILES string of the molecule is Cc1cc(-c2ccc(C=O)s2)sc1C(F)(F)F. The summed E-state index contributed by atoms with van der Waals surface area (Å²) in [6.45, 7) is 1.44. The van der Waals surface area contributed by atoms with Gasteiger partial charge >= 0.3 is 6.18 Å². The molecule has 1 nitrogen and oxygen atoms in total. The van der Waals surface area contributed by atoms with Gasteiger partial charge in [-0.15, -0.1) is 22.7 Å². The molecule has 0 amide bonds. The highest BCUT2D eigenvalue weighted by atomic mass is 32.1. The highest BCUT2D eigenvalue weighted by Gasteiger charge is 2.34. The average Bonchev–Trinajstić information content (AvgIpc) is 2.81. The van der Waals surface area contributed by atoms with Gasteiger partial charge in [0.05, 0.1) is 4.88 Å². The summed E-state index contributed by atoms with van der Waals surface area (Å²) < 4.78 is 37.8. The van der Waals surface area contributed by atoms with Gasteiger partial charge in [0.2, 0.25) is 0 Å². The Morgan fingerprint density at radius 2 is 1.88 bits per heavy atom. The molecule has 0 aromatic carbocycles. The third kappa shape index (κ3) is 2.42. The van der Waals surface area contributed by atoms with Gasteiger partial charge in [0.25, 0.3) is 0 Å². The van der Waals surface area contributed by atoms with Crippen molar-refractivity contribution < 1.29 is 18.0 Å². The Kier molecular flexibility index (Phi) is 3.09. The lowest BCUT2D eigenvalue weighted by Gasteiger charge is -2.03. The lowest BCUT2D eigenvalue weighted by Crippen LogP contribution is -2.02. The molecule has 2 heterocycles. The molecule has 0 saturated heterocycles. The fraction of sp³-hybridized carbons (Fsp3) is 0.182. The van der Waals surface area contributed by atoms with E-state index < -0.39 is 11.1 Å². The third-order valence-corrected chi connectivity index (χ3v) is 4.65. The fourth-order valence-electron chi connectivity index (χ4n) is 1.43. The van der Waals surface area contributed by atoms with E-state index in [1.807, 2.05) is 0 Å². The number of hydrogen-bond acceptors (Lipinski definition) is 3. The molecule has 2 aromatic heterocycles. The van der Waals surface area contributed by atoms with Crippen molar-refractivity contribution in [2.24, 2.45) is 0 Å². The van der Waals surface area contributed by atoms with Crippen LogP contribution in [0.25, 0.3) is 9.75 Å². The maximum atomic E-state index is 12.6. The summed E-state index contributed by atoms with van der Waals surface area (Å²) in [4.78, 5) is 11.7. The van der Waals surface area contributed by atoms with E-state index in [0.29, 0.717) is 32.3 Å². The van der Waals surface area contributed by atoms with E-state index in [-0.39, 0.29) is 5.56 Å². The van der Waals surface area contributed by atoms with Gasteiger partial charge < -0.3 is 0 Å². The predicted octanol–water partition coefficient (Wildman–Crippen LogP) is 4.62. The topological polar surface area (TPSA) is 17.1 Å². The highest BCUT2D eigenvalue weighted by Crippen LogP contribution is 2.42. The smallest absolute Gasteiger partial charge is 0.297 e. The maximum Gasteiger partial charge on any atom is 0.425 e. The van der Waals surface area contributed by atoms with Crippen LogP contribution in [0.2, 0.25) is 0 Å². The minimum absolute atomic E-state index is 0.221. The van der Waals surface area contributed by atoms with Crippen molar-refractivity contribution in [3.63, 3.8) is 0 Å². The first-order valence-electron chi connectivity index (χ1n) is 4.65.